The molecule has 0 bridgehead atoms. The fourth-order valence-electron chi connectivity index (χ4n) is 3.28. The summed E-state index contributed by atoms with van der Waals surface area (Å²) < 4.78 is 0. The summed E-state index contributed by atoms with van der Waals surface area (Å²) in [7, 11) is 2.19. The van der Waals surface area contributed by atoms with E-state index in [9.17, 15) is 4.79 Å². The van der Waals surface area contributed by atoms with Crippen molar-refractivity contribution >= 4 is 5.91 Å². The van der Waals surface area contributed by atoms with E-state index in [1.165, 1.54) is 19.4 Å². The van der Waals surface area contributed by atoms with E-state index in [-0.39, 0.29) is 23.3 Å². The van der Waals surface area contributed by atoms with Crippen molar-refractivity contribution < 1.29 is 4.79 Å². The summed E-state index contributed by atoms with van der Waals surface area (Å²) in [6.45, 7) is 7.71. The lowest BCUT2D eigenvalue weighted by molar-refractivity contribution is -0.128. The molecule has 1 saturated heterocycles. The molecule has 4 nitrogen and oxygen atoms in total. The summed E-state index contributed by atoms with van der Waals surface area (Å²) in [5.74, 6) is 1.05. The van der Waals surface area contributed by atoms with Crippen LogP contribution in [0.1, 0.15) is 39.5 Å². The maximum atomic E-state index is 12.0. The summed E-state index contributed by atoms with van der Waals surface area (Å²) in [4.78, 5) is 14.4. The van der Waals surface area contributed by atoms with E-state index in [0.717, 1.165) is 25.9 Å². The smallest absolute Gasteiger partial charge is 0.223 e. The maximum Gasteiger partial charge on any atom is 0.223 e. The van der Waals surface area contributed by atoms with Gasteiger partial charge in [-0.15, -0.1) is 0 Å². The van der Waals surface area contributed by atoms with Gasteiger partial charge in [0.2, 0.25) is 5.91 Å². The third kappa shape index (κ3) is 3.69. The number of carbonyl (C=O) groups is 1. The molecule has 2 fully saturated rings. The first-order chi connectivity index (χ1) is 8.88. The zero-order valence-corrected chi connectivity index (χ0v) is 12.6. The summed E-state index contributed by atoms with van der Waals surface area (Å²) in [6.07, 6.45) is 4.27. The average molecular weight is 267 g/mol. The number of nitrogens with two attached hydrogens (primary N) is 1. The largest absolute Gasteiger partial charge is 0.355 e. The summed E-state index contributed by atoms with van der Waals surface area (Å²) in [5.41, 5.74) is 5.91. The van der Waals surface area contributed by atoms with Crippen LogP contribution in [0.25, 0.3) is 0 Å². The predicted molar refractivity (Wildman–Crippen MR) is 77.7 cm³/mol. The zero-order valence-electron chi connectivity index (χ0n) is 12.6. The van der Waals surface area contributed by atoms with Crippen LogP contribution in [0.3, 0.4) is 0 Å². The SMILES string of the molecule is CN1CCCC(C(C)(C)CNC(=O)C2CC(N)C2)C1. The summed E-state index contributed by atoms with van der Waals surface area (Å²) in [5, 5.41) is 3.14. The van der Waals surface area contributed by atoms with Gasteiger partial charge in [-0.25, -0.2) is 0 Å². The van der Waals surface area contributed by atoms with Crippen LogP contribution in [-0.4, -0.2) is 43.5 Å². The van der Waals surface area contributed by atoms with Crippen molar-refractivity contribution in [1.29, 1.82) is 0 Å². The predicted octanol–water partition coefficient (Wildman–Crippen LogP) is 1.21. The van der Waals surface area contributed by atoms with E-state index in [2.05, 4.69) is 31.1 Å². The van der Waals surface area contributed by atoms with Crippen molar-refractivity contribution in [3.8, 4) is 0 Å². The minimum atomic E-state index is 0.167. The molecular formula is C15H29N3O. The molecular weight excluding hydrogens is 238 g/mol. The Bertz CT molecular complexity index is 323. The monoisotopic (exact) mass is 267 g/mol. The van der Waals surface area contributed by atoms with E-state index < -0.39 is 0 Å². The average Bonchev–Trinajstić information content (AvgIpc) is 2.32. The van der Waals surface area contributed by atoms with Crippen LogP contribution in [0, 0.1) is 17.3 Å². The van der Waals surface area contributed by atoms with E-state index in [4.69, 9.17) is 5.73 Å². The Morgan fingerprint density at radius 3 is 2.68 bits per heavy atom. The van der Waals surface area contributed by atoms with Gasteiger partial charge < -0.3 is 16.0 Å². The first kappa shape index (κ1) is 14.8. The van der Waals surface area contributed by atoms with Crippen LogP contribution in [0.2, 0.25) is 0 Å². The first-order valence-corrected chi connectivity index (χ1v) is 7.60. The minimum Gasteiger partial charge on any atom is -0.355 e. The van der Waals surface area contributed by atoms with Gasteiger partial charge in [-0.1, -0.05) is 13.8 Å². The lowest BCUT2D eigenvalue weighted by Crippen LogP contribution is -2.49. The van der Waals surface area contributed by atoms with Gasteiger partial charge in [-0.2, -0.15) is 0 Å². The highest BCUT2D eigenvalue weighted by atomic mass is 16.1. The van der Waals surface area contributed by atoms with Gasteiger partial charge in [0.15, 0.2) is 0 Å². The lowest BCUT2D eigenvalue weighted by atomic mass is 9.74. The third-order valence-corrected chi connectivity index (χ3v) is 4.99. The molecule has 1 amide bonds. The van der Waals surface area contributed by atoms with Crippen LogP contribution in [0.15, 0.2) is 0 Å². The molecule has 1 aliphatic carbocycles. The molecule has 1 atom stereocenters. The van der Waals surface area contributed by atoms with Gasteiger partial charge >= 0.3 is 0 Å². The van der Waals surface area contributed by atoms with Crippen LogP contribution >= 0.6 is 0 Å². The van der Waals surface area contributed by atoms with Crippen molar-refractivity contribution in [2.45, 2.75) is 45.6 Å². The molecule has 0 spiro atoms. The van der Waals surface area contributed by atoms with Crippen molar-refractivity contribution in [3.05, 3.63) is 0 Å². The van der Waals surface area contributed by atoms with Gasteiger partial charge in [0.25, 0.3) is 0 Å². The minimum absolute atomic E-state index is 0.167. The van der Waals surface area contributed by atoms with Crippen LogP contribution in [0.4, 0.5) is 0 Å². The number of hydrogen-bond donors (Lipinski definition) is 2. The second-order valence-corrected chi connectivity index (χ2v) is 7.24. The molecule has 1 aliphatic heterocycles. The first-order valence-electron chi connectivity index (χ1n) is 7.60. The van der Waals surface area contributed by atoms with Gasteiger partial charge in [0.05, 0.1) is 0 Å². The van der Waals surface area contributed by atoms with Gasteiger partial charge in [-0.05, 0) is 50.6 Å². The molecule has 0 aromatic carbocycles. The highest BCUT2D eigenvalue weighted by Crippen LogP contribution is 2.33. The Morgan fingerprint density at radius 2 is 2.11 bits per heavy atom. The molecule has 110 valence electrons. The normalized spacial score (nSPS) is 32.7. The lowest BCUT2D eigenvalue weighted by Gasteiger charge is -2.41. The molecule has 19 heavy (non-hydrogen) atoms. The Labute approximate surface area is 117 Å². The Hall–Kier alpha value is -0.610. The number of amides is 1. The summed E-state index contributed by atoms with van der Waals surface area (Å²) >= 11 is 0. The van der Waals surface area contributed by atoms with E-state index in [1.807, 2.05) is 0 Å². The van der Waals surface area contributed by atoms with Crippen LogP contribution in [0.5, 0.6) is 0 Å². The standard InChI is InChI=1S/C15H29N3O/c1-15(2,12-5-4-6-18(3)9-12)10-17-14(19)11-7-13(16)8-11/h11-13H,4-10,16H2,1-3H3,(H,17,19). The molecule has 2 rings (SSSR count). The Morgan fingerprint density at radius 1 is 1.42 bits per heavy atom. The Kier molecular flexibility index (Phi) is 4.51. The topological polar surface area (TPSA) is 58.4 Å². The van der Waals surface area contributed by atoms with Crippen LogP contribution < -0.4 is 11.1 Å². The quantitative estimate of drug-likeness (QED) is 0.805. The number of rotatable bonds is 4. The molecule has 2 aliphatic rings. The molecule has 0 aromatic rings. The summed E-state index contributed by atoms with van der Waals surface area (Å²) in [6, 6.07) is 0.246. The fourth-order valence-corrected chi connectivity index (χ4v) is 3.28. The molecule has 4 heteroatoms. The van der Waals surface area contributed by atoms with Crippen molar-refractivity contribution in [3.63, 3.8) is 0 Å². The van der Waals surface area contributed by atoms with E-state index >= 15 is 0 Å². The third-order valence-electron chi connectivity index (χ3n) is 4.99. The van der Waals surface area contributed by atoms with Crippen molar-refractivity contribution in [2.75, 3.05) is 26.7 Å². The zero-order chi connectivity index (χ0) is 14.0. The van der Waals surface area contributed by atoms with Crippen molar-refractivity contribution in [1.82, 2.24) is 10.2 Å². The van der Waals surface area contributed by atoms with Crippen LogP contribution in [-0.2, 0) is 4.79 Å². The highest BCUT2D eigenvalue weighted by Gasteiger charge is 2.35. The van der Waals surface area contributed by atoms with Gasteiger partial charge in [0.1, 0.15) is 0 Å². The second kappa shape index (κ2) is 5.80. The van der Waals surface area contributed by atoms with E-state index in [1.54, 1.807) is 0 Å². The maximum absolute atomic E-state index is 12.0. The molecule has 1 saturated carbocycles. The van der Waals surface area contributed by atoms with Crippen molar-refractivity contribution in [2.24, 2.45) is 23.0 Å². The Balaban J connectivity index is 1.78. The van der Waals surface area contributed by atoms with E-state index in [0.29, 0.717) is 5.92 Å². The highest BCUT2D eigenvalue weighted by molar-refractivity contribution is 5.79. The number of likely N-dealkylation sites (tertiary alicyclic amines) is 1. The number of hydrogen-bond acceptors (Lipinski definition) is 3. The second-order valence-electron chi connectivity index (χ2n) is 7.24. The molecule has 0 radical (unpaired) electrons. The molecule has 3 N–H and O–H groups in total. The molecule has 0 aromatic heterocycles. The van der Waals surface area contributed by atoms with Gasteiger partial charge in [0, 0.05) is 25.0 Å². The van der Waals surface area contributed by atoms with Gasteiger partial charge in [-0.3, -0.25) is 4.79 Å². The molecule has 1 heterocycles. The number of piperidine rings is 1. The number of carbonyl (C=O) groups excluding carboxylic acids is 1. The number of nitrogens with one attached hydrogen (secondary N) is 1. The fraction of sp³-hybridized carbons (Fsp3) is 0.933. The molecule has 1 unspecified atom stereocenters. The number of nitrogens with zero attached hydrogens (tertiary/aromatic N) is 1.